The quantitative estimate of drug-likeness (QED) is 0.586. The van der Waals surface area contributed by atoms with Crippen LogP contribution in [0.25, 0.3) is 0 Å². The average molecular weight is 230 g/mol. The predicted octanol–water partition coefficient (Wildman–Crippen LogP) is 1.17. The maximum absolute atomic E-state index is 11.6. The van der Waals surface area contributed by atoms with Crippen LogP contribution in [0.3, 0.4) is 0 Å². The summed E-state index contributed by atoms with van der Waals surface area (Å²) in [6, 6.07) is -0.447. The smallest absolute Gasteiger partial charge is 0.237 e. The summed E-state index contributed by atoms with van der Waals surface area (Å²) in [4.78, 5) is 11.6. The number of amides is 1. The van der Waals surface area contributed by atoms with Gasteiger partial charge in [0.15, 0.2) is 0 Å². The Hall–Kier alpha value is -0.610. The van der Waals surface area contributed by atoms with Gasteiger partial charge >= 0.3 is 0 Å². The molecule has 4 nitrogen and oxygen atoms in total. The van der Waals surface area contributed by atoms with Gasteiger partial charge in [0.05, 0.1) is 11.6 Å². The van der Waals surface area contributed by atoms with Gasteiger partial charge in [0.25, 0.3) is 0 Å². The zero-order chi connectivity index (χ0) is 12.6. The van der Waals surface area contributed by atoms with Crippen molar-refractivity contribution in [2.24, 2.45) is 5.73 Å². The molecule has 0 saturated carbocycles. The van der Waals surface area contributed by atoms with E-state index < -0.39 is 11.6 Å². The Labute approximate surface area is 98.6 Å². The molecule has 16 heavy (non-hydrogen) atoms. The second kappa shape index (κ2) is 7.63. The van der Waals surface area contributed by atoms with Crippen LogP contribution in [0, 0.1) is 0 Å². The standard InChI is InChI=1S/C12H26N2O2/c1-4-6-7-10(13)11(15)14-9-12(3,16)8-5-2/h10,16H,4-9,13H2,1-3H3,(H,14,15)/t10-,12?/m0/s1. The van der Waals surface area contributed by atoms with E-state index in [-0.39, 0.29) is 12.5 Å². The molecule has 0 rings (SSSR count). The number of nitrogens with two attached hydrogens (primary N) is 1. The van der Waals surface area contributed by atoms with Gasteiger partial charge in [-0.1, -0.05) is 33.1 Å². The molecule has 0 fully saturated rings. The lowest BCUT2D eigenvalue weighted by Gasteiger charge is -2.23. The lowest BCUT2D eigenvalue weighted by molar-refractivity contribution is -0.123. The van der Waals surface area contributed by atoms with E-state index in [1.54, 1.807) is 6.92 Å². The van der Waals surface area contributed by atoms with Gasteiger partial charge in [0.2, 0.25) is 5.91 Å². The molecule has 0 aliphatic heterocycles. The van der Waals surface area contributed by atoms with Gasteiger partial charge in [-0.25, -0.2) is 0 Å². The van der Waals surface area contributed by atoms with E-state index in [2.05, 4.69) is 12.2 Å². The average Bonchev–Trinajstić information content (AvgIpc) is 2.22. The summed E-state index contributed by atoms with van der Waals surface area (Å²) in [5.41, 5.74) is 4.89. The molecule has 4 heteroatoms. The molecular weight excluding hydrogens is 204 g/mol. The van der Waals surface area contributed by atoms with Crippen molar-refractivity contribution >= 4 is 5.91 Å². The SMILES string of the molecule is CCCC[C@H](N)C(=O)NCC(C)(O)CCC. The first-order valence-corrected chi connectivity index (χ1v) is 6.18. The Morgan fingerprint density at radius 2 is 2.06 bits per heavy atom. The van der Waals surface area contributed by atoms with Crippen molar-refractivity contribution in [3.8, 4) is 0 Å². The maximum Gasteiger partial charge on any atom is 0.237 e. The maximum atomic E-state index is 11.6. The molecule has 0 aromatic heterocycles. The molecule has 4 N–H and O–H groups in total. The lowest BCUT2D eigenvalue weighted by atomic mass is 10.0. The summed E-state index contributed by atoms with van der Waals surface area (Å²) >= 11 is 0. The van der Waals surface area contributed by atoms with Gasteiger partial charge in [0, 0.05) is 6.54 Å². The molecule has 0 aromatic carbocycles. The van der Waals surface area contributed by atoms with Crippen molar-refractivity contribution in [3.05, 3.63) is 0 Å². The first kappa shape index (κ1) is 15.4. The predicted molar refractivity (Wildman–Crippen MR) is 66.0 cm³/mol. The number of nitrogens with one attached hydrogen (secondary N) is 1. The number of carbonyl (C=O) groups is 1. The van der Waals surface area contributed by atoms with Gasteiger partial charge in [0.1, 0.15) is 0 Å². The highest BCUT2D eigenvalue weighted by Crippen LogP contribution is 2.10. The molecule has 0 bridgehead atoms. The molecule has 0 radical (unpaired) electrons. The second-order valence-electron chi connectivity index (χ2n) is 4.71. The van der Waals surface area contributed by atoms with E-state index >= 15 is 0 Å². The topological polar surface area (TPSA) is 75.4 Å². The molecule has 0 aromatic rings. The van der Waals surface area contributed by atoms with Crippen LogP contribution in [0.2, 0.25) is 0 Å². The molecule has 0 spiro atoms. The molecule has 2 atom stereocenters. The third kappa shape index (κ3) is 6.80. The molecule has 0 aliphatic carbocycles. The largest absolute Gasteiger partial charge is 0.388 e. The zero-order valence-electron chi connectivity index (χ0n) is 10.8. The Kier molecular flexibility index (Phi) is 7.34. The van der Waals surface area contributed by atoms with Gasteiger partial charge in [-0.2, -0.15) is 0 Å². The van der Waals surface area contributed by atoms with Gasteiger partial charge in [-0.05, 0) is 19.8 Å². The van der Waals surface area contributed by atoms with Crippen molar-refractivity contribution < 1.29 is 9.90 Å². The van der Waals surface area contributed by atoms with Gasteiger partial charge in [-0.15, -0.1) is 0 Å². The Bertz CT molecular complexity index is 205. The van der Waals surface area contributed by atoms with Crippen LogP contribution in [0.1, 0.15) is 52.9 Å². The van der Waals surface area contributed by atoms with E-state index in [1.807, 2.05) is 6.92 Å². The molecule has 1 amide bonds. The minimum absolute atomic E-state index is 0.162. The minimum Gasteiger partial charge on any atom is -0.388 e. The van der Waals surface area contributed by atoms with Crippen LogP contribution in [0.15, 0.2) is 0 Å². The van der Waals surface area contributed by atoms with Crippen LogP contribution < -0.4 is 11.1 Å². The van der Waals surface area contributed by atoms with E-state index in [0.717, 1.165) is 19.3 Å². The van der Waals surface area contributed by atoms with Gasteiger partial charge in [-0.3, -0.25) is 4.79 Å². The van der Waals surface area contributed by atoms with E-state index in [0.29, 0.717) is 12.8 Å². The summed E-state index contributed by atoms with van der Waals surface area (Å²) in [6.07, 6.45) is 4.27. The summed E-state index contributed by atoms with van der Waals surface area (Å²) in [5, 5.41) is 12.6. The highest BCUT2D eigenvalue weighted by molar-refractivity contribution is 5.81. The Morgan fingerprint density at radius 3 is 2.56 bits per heavy atom. The molecule has 1 unspecified atom stereocenters. The number of aliphatic hydroxyl groups is 1. The lowest BCUT2D eigenvalue weighted by Crippen LogP contribution is -2.47. The monoisotopic (exact) mass is 230 g/mol. The van der Waals surface area contributed by atoms with Crippen LogP contribution in [0.5, 0.6) is 0 Å². The zero-order valence-corrected chi connectivity index (χ0v) is 10.8. The fourth-order valence-electron chi connectivity index (χ4n) is 1.59. The first-order valence-electron chi connectivity index (χ1n) is 6.18. The molecule has 96 valence electrons. The highest BCUT2D eigenvalue weighted by atomic mass is 16.3. The van der Waals surface area contributed by atoms with E-state index in [9.17, 15) is 9.90 Å². The normalized spacial score (nSPS) is 16.6. The number of carbonyl (C=O) groups excluding carboxylic acids is 1. The number of unbranched alkanes of at least 4 members (excludes halogenated alkanes) is 1. The van der Waals surface area contributed by atoms with Crippen molar-refractivity contribution in [2.75, 3.05) is 6.54 Å². The summed E-state index contributed by atoms with van der Waals surface area (Å²) in [7, 11) is 0. The summed E-state index contributed by atoms with van der Waals surface area (Å²) in [6.45, 7) is 6.08. The van der Waals surface area contributed by atoms with E-state index in [4.69, 9.17) is 5.73 Å². The van der Waals surface area contributed by atoms with Crippen LogP contribution in [-0.4, -0.2) is 29.2 Å². The van der Waals surface area contributed by atoms with Crippen LogP contribution in [0.4, 0.5) is 0 Å². The molecular formula is C12H26N2O2. The van der Waals surface area contributed by atoms with Gasteiger partial charge < -0.3 is 16.2 Å². The van der Waals surface area contributed by atoms with Crippen molar-refractivity contribution in [2.45, 2.75) is 64.5 Å². The number of rotatable bonds is 8. The number of hydrogen-bond donors (Lipinski definition) is 3. The third-order valence-electron chi connectivity index (χ3n) is 2.64. The first-order chi connectivity index (χ1) is 7.43. The third-order valence-corrected chi connectivity index (χ3v) is 2.64. The second-order valence-corrected chi connectivity index (χ2v) is 4.71. The van der Waals surface area contributed by atoms with Crippen LogP contribution >= 0.6 is 0 Å². The molecule has 0 saturated heterocycles. The summed E-state index contributed by atoms with van der Waals surface area (Å²) in [5.74, 6) is -0.162. The summed E-state index contributed by atoms with van der Waals surface area (Å²) < 4.78 is 0. The Morgan fingerprint density at radius 1 is 1.44 bits per heavy atom. The molecule has 0 heterocycles. The van der Waals surface area contributed by atoms with E-state index in [1.165, 1.54) is 0 Å². The molecule has 0 aliphatic rings. The fourth-order valence-corrected chi connectivity index (χ4v) is 1.59. The fraction of sp³-hybridized carbons (Fsp3) is 0.917. The van der Waals surface area contributed by atoms with Crippen molar-refractivity contribution in [3.63, 3.8) is 0 Å². The number of hydrogen-bond acceptors (Lipinski definition) is 3. The van der Waals surface area contributed by atoms with Crippen molar-refractivity contribution in [1.29, 1.82) is 0 Å². The van der Waals surface area contributed by atoms with Crippen molar-refractivity contribution in [1.82, 2.24) is 5.32 Å². The highest BCUT2D eigenvalue weighted by Gasteiger charge is 2.21. The Balaban J connectivity index is 3.87. The van der Waals surface area contributed by atoms with Crippen LogP contribution in [-0.2, 0) is 4.79 Å². The minimum atomic E-state index is -0.825.